The SMILES string of the molecule is CCCC(C)(NC(=O)C1OCCC1NC(=O)OCC1c2ccccc2-c2ccccc21)C(=O)O. The number of hydrogen-bond acceptors (Lipinski definition) is 5. The highest BCUT2D eigenvalue weighted by atomic mass is 16.6. The van der Waals surface area contributed by atoms with Crippen LogP contribution in [0.2, 0.25) is 0 Å². The van der Waals surface area contributed by atoms with E-state index in [0.29, 0.717) is 12.8 Å². The molecule has 0 aromatic heterocycles. The fourth-order valence-corrected chi connectivity index (χ4v) is 4.85. The summed E-state index contributed by atoms with van der Waals surface area (Å²) in [5.74, 6) is -1.73. The van der Waals surface area contributed by atoms with Gasteiger partial charge in [0, 0.05) is 12.5 Å². The number of carbonyl (C=O) groups excluding carboxylic acids is 2. The van der Waals surface area contributed by atoms with Crippen LogP contribution < -0.4 is 10.6 Å². The van der Waals surface area contributed by atoms with E-state index in [9.17, 15) is 19.5 Å². The van der Waals surface area contributed by atoms with Gasteiger partial charge in [0.05, 0.1) is 6.04 Å². The Balaban J connectivity index is 1.38. The Hall–Kier alpha value is -3.39. The second-order valence-electron chi connectivity index (χ2n) is 9.03. The molecule has 8 heteroatoms. The van der Waals surface area contributed by atoms with Gasteiger partial charge in [0.25, 0.3) is 5.91 Å². The van der Waals surface area contributed by atoms with Gasteiger partial charge in [0.2, 0.25) is 0 Å². The number of hydrogen-bond donors (Lipinski definition) is 3. The second kappa shape index (κ2) is 9.85. The van der Waals surface area contributed by atoms with Crippen molar-refractivity contribution < 1.29 is 29.0 Å². The van der Waals surface area contributed by atoms with E-state index in [0.717, 1.165) is 22.3 Å². The van der Waals surface area contributed by atoms with Gasteiger partial charge >= 0.3 is 12.1 Å². The smallest absolute Gasteiger partial charge is 0.407 e. The maximum absolute atomic E-state index is 12.8. The first-order chi connectivity index (χ1) is 16.3. The molecule has 1 heterocycles. The third-order valence-corrected chi connectivity index (χ3v) is 6.62. The standard InChI is InChI=1S/C26H30N2O6/c1-3-13-26(2,24(30)31)28-23(29)22-21(12-14-33-22)27-25(32)34-15-20-18-10-6-4-8-16(18)17-9-5-7-11-19(17)20/h4-11,20-22H,3,12-15H2,1-2H3,(H,27,32)(H,28,29)(H,30,31). The number of rotatable bonds is 8. The molecule has 1 aliphatic carbocycles. The number of amides is 2. The molecule has 0 saturated carbocycles. The zero-order valence-corrected chi connectivity index (χ0v) is 19.4. The van der Waals surface area contributed by atoms with Crippen LogP contribution in [0.25, 0.3) is 11.1 Å². The lowest BCUT2D eigenvalue weighted by Gasteiger charge is -2.28. The molecule has 3 unspecified atom stereocenters. The van der Waals surface area contributed by atoms with Crippen molar-refractivity contribution in [3.63, 3.8) is 0 Å². The summed E-state index contributed by atoms with van der Waals surface area (Å²) >= 11 is 0. The first-order valence-electron chi connectivity index (χ1n) is 11.6. The molecule has 3 N–H and O–H groups in total. The van der Waals surface area contributed by atoms with Crippen LogP contribution in [0.5, 0.6) is 0 Å². The highest BCUT2D eigenvalue weighted by Crippen LogP contribution is 2.44. The van der Waals surface area contributed by atoms with Crippen molar-refractivity contribution in [3.8, 4) is 11.1 Å². The topological polar surface area (TPSA) is 114 Å². The zero-order valence-electron chi connectivity index (χ0n) is 19.4. The summed E-state index contributed by atoms with van der Waals surface area (Å²) in [6, 6.07) is 15.5. The van der Waals surface area contributed by atoms with Crippen molar-refractivity contribution >= 4 is 18.0 Å². The molecular formula is C26H30N2O6. The van der Waals surface area contributed by atoms with E-state index in [4.69, 9.17) is 9.47 Å². The van der Waals surface area contributed by atoms with Crippen molar-refractivity contribution in [3.05, 3.63) is 59.7 Å². The number of benzene rings is 2. The lowest BCUT2D eigenvalue weighted by Crippen LogP contribution is -2.57. The van der Waals surface area contributed by atoms with Crippen molar-refractivity contribution in [2.45, 2.75) is 56.7 Å². The molecule has 34 heavy (non-hydrogen) atoms. The van der Waals surface area contributed by atoms with Crippen LogP contribution in [0.4, 0.5) is 4.79 Å². The highest BCUT2D eigenvalue weighted by Gasteiger charge is 2.41. The van der Waals surface area contributed by atoms with Crippen molar-refractivity contribution in [2.75, 3.05) is 13.2 Å². The van der Waals surface area contributed by atoms with E-state index >= 15 is 0 Å². The van der Waals surface area contributed by atoms with Crippen LogP contribution in [-0.4, -0.2) is 54.0 Å². The Morgan fingerprint density at radius 1 is 1.09 bits per heavy atom. The summed E-state index contributed by atoms with van der Waals surface area (Å²) in [7, 11) is 0. The summed E-state index contributed by atoms with van der Waals surface area (Å²) in [5.41, 5.74) is 3.11. The number of aliphatic carboxylic acids is 1. The minimum atomic E-state index is -1.40. The van der Waals surface area contributed by atoms with Gasteiger partial charge < -0.3 is 25.2 Å². The molecular weight excluding hydrogens is 436 g/mol. The lowest BCUT2D eigenvalue weighted by atomic mass is 9.95. The van der Waals surface area contributed by atoms with Crippen LogP contribution >= 0.6 is 0 Å². The van der Waals surface area contributed by atoms with Crippen molar-refractivity contribution in [1.82, 2.24) is 10.6 Å². The molecule has 1 fully saturated rings. The Morgan fingerprint density at radius 3 is 2.29 bits per heavy atom. The predicted octanol–water partition coefficient (Wildman–Crippen LogP) is 3.44. The molecule has 1 aliphatic heterocycles. The molecule has 1 saturated heterocycles. The fourth-order valence-electron chi connectivity index (χ4n) is 4.85. The number of ether oxygens (including phenoxy) is 2. The summed E-state index contributed by atoms with van der Waals surface area (Å²) in [5, 5.41) is 14.9. The van der Waals surface area contributed by atoms with Crippen LogP contribution in [-0.2, 0) is 19.1 Å². The Bertz CT molecular complexity index is 1040. The summed E-state index contributed by atoms with van der Waals surface area (Å²) < 4.78 is 11.1. The first-order valence-corrected chi connectivity index (χ1v) is 11.6. The summed E-state index contributed by atoms with van der Waals surface area (Å²) in [4.78, 5) is 37.1. The van der Waals surface area contributed by atoms with Crippen LogP contribution in [0, 0.1) is 0 Å². The molecule has 3 atom stereocenters. The predicted molar refractivity (Wildman–Crippen MR) is 125 cm³/mol. The maximum Gasteiger partial charge on any atom is 0.407 e. The molecule has 180 valence electrons. The van der Waals surface area contributed by atoms with Crippen LogP contribution in [0.15, 0.2) is 48.5 Å². The van der Waals surface area contributed by atoms with Gasteiger partial charge in [-0.25, -0.2) is 9.59 Å². The van der Waals surface area contributed by atoms with Gasteiger partial charge in [0.15, 0.2) is 6.10 Å². The maximum atomic E-state index is 12.8. The lowest BCUT2D eigenvalue weighted by molar-refractivity contribution is -0.149. The largest absolute Gasteiger partial charge is 0.480 e. The van der Waals surface area contributed by atoms with Crippen molar-refractivity contribution in [1.29, 1.82) is 0 Å². The summed E-state index contributed by atoms with van der Waals surface area (Å²) in [6.07, 6.45) is -0.304. The highest BCUT2D eigenvalue weighted by molar-refractivity contribution is 5.89. The molecule has 2 aromatic carbocycles. The minimum Gasteiger partial charge on any atom is -0.480 e. The molecule has 0 bridgehead atoms. The normalized spacial score (nSPS) is 20.6. The second-order valence-corrected chi connectivity index (χ2v) is 9.03. The molecule has 0 radical (unpaired) electrons. The first kappa shape index (κ1) is 23.8. The fraction of sp³-hybridized carbons (Fsp3) is 0.423. The molecule has 0 spiro atoms. The van der Waals surface area contributed by atoms with Gasteiger partial charge in [-0.2, -0.15) is 0 Å². The third-order valence-electron chi connectivity index (χ3n) is 6.62. The number of carboxylic acid groups (broad SMARTS) is 1. The monoisotopic (exact) mass is 466 g/mol. The quantitative estimate of drug-likeness (QED) is 0.549. The molecule has 2 aliphatic rings. The van der Waals surface area contributed by atoms with E-state index < -0.39 is 35.7 Å². The Kier molecular flexibility index (Phi) is 6.88. The molecule has 2 amide bonds. The average molecular weight is 467 g/mol. The molecule has 2 aromatic rings. The number of nitrogens with one attached hydrogen (secondary N) is 2. The number of fused-ring (bicyclic) bond motifs is 3. The third kappa shape index (κ3) is 4.63. The number of carbonyl (C=O) groups is 3. The van der Waals surface area contributed by atoms with E-state index in [1.165, 1.54) is 6.92 Å². The molecule has 8 nitrogen and oxygen atoms in total. The van der Waals surface area contributed by atoms with Crippen LogP contribution in [0.3, 0.4) is 0 Å². The zero-order chi connectivity index (χ0) is 24.3. The Labute approximate surface area is 198 Å². The number of alkyl carbamates (subject to hydrolysis) is 1. The Morgan fingerprint density at radius 2 is 1.71 bits per heavy atom. The van der Waals surface area contributed by atoms with E-state index in [2.05, 4.69) is 22.8 Å². The number of carboxylic acids is 1. The van der Waals surface area contributed by atoms with E-state index in [1.807, 2.05) is 43.3 Å². The summed E-state index contributed by atoms with van der Waals surface area (Å²) in [6.45, 7) is 3.77. The van der Waals surface area contributed by atoms with E-state index in [-0.39, 0.29) is 25.6 Å². The van der Waals surface area contributed by atoms with Crippen LogP contribution in [0.1, 0.15) is 50.2 Å². The molecule has 4 rings (SSSR count). The van der Waals surface area contributed by atoms with Gasteiger partial charge in [-0.15, -0.1) is 0 Å². The van der Waals surface area contributed by atoms with Gasteiger partial charge in [-0.1, -0.05) is 61.9 Å². The van der Waals surface area contributed by atoms with Gasteiger partial charge in [0.1, 0.15) is 12.1 Å². The van der Waals surface area contributed by atoms with Crippen molar-refractivity contribution in [2.24, 2.45) is 0 Å². The van der Waals surface area contributed by atoms with Gasteiger partial charge in [-0.05, 0) is 42.0 Å². The van der Waals surface area contributed by atoms with Gasteiger partial charge in [-0.3, -0.25) is 4.79 Å². The average Bonchev–Trinajstić information content (AvgIpc) is 3.40. The minimum absolute atomic E-state index is 0.0672. The van der Waals surface area contributed by atoms with E-state index in [1.54, 1.807) is 0 Å².